The number of hydrogen-bond donors (Lipinski definition) is 1. The number of amides is 2. The fourth-order valence-electron chi connectivity index (χ4n) is 3.33. The number of thiophene rings is 1. The van der Waals surface area contributed by atoms with Crippen LogP contribution in [0, 0.1) is 11.7 Å². The molecule has 2 amide bonds. The van der Waals surface area contributed by atoms with Gasteiger partial charge in [0.2, 0.25) is 11.8 Å². The lowest BCUT2D eigenvalue weighted by Gasteiger charge is -2.32. The molecule has 138 valence electrons. The first kappa shape index (κ1) is 18.6. The van der Waals surface area contributed by atoms with Gasteiger partial charge in [-0.05, 0) is 42.0 Å². The van der Waals surface area contributed by atoms with Crippen LogP contribution in [0.3, 0.4) is 0 Å². The Bertz CT molecular complexity index is 746. The highest BCUT2D eigenvalue weighted by molar-refractivity contribution is 7.10. The molecule has 3 rings (SSSR count). The van der Waals surface area contributed by atoms with Gasteiger partial charge in [0.15, 0.2) is 0 Å². The highest BCUT2D eigenvalue weighted by Gasteiger charge is 2.29. The zero-order valence-electron chi connectivity index (χ0n) is 14.8. The van der Waals surface area contributed by atoms with Crippen molar-refractivity contribution in [3.8, 4) is 0 Å². The summed E-state index contributed by atoms with van der Waals surface area (Å²) in [5, 5.41) is 5.07. The van der Waals surface area contributed by atoms with Crippen molar-refractivity contribution in [2.75, 3.05) is 13.1 Å². The van der Waals surface area contributed by atoms with Crippen molar-refractivity contribution in [3.05, 3.63) is 58.0 Å². The Morgan fingerprint density at radius 1 is 1.31 bits per heavy atom. The third-order valence-corrected chi connectivity index (χ3v) is 5.70. The molecule has 26 heavy (non-hydrogen) atoms. The molecule has 0 saturated carbocycles. The Morgan fingerprint density at radius 2 is 2.08 bits per heavy atom. The van der Waals surface area contributed by atoms with Crippen molar-refractivity contribution >= 4 is 23.2 Å². The van der Waals surface area contributed by atoms with Gasteiger partial charge in [-0.1, -0.05) is 25.1 Å². The van der Waals surface area contributed by atoms with Gasteiger partial charge >= 0.3 is 0 Å². The van der Waals surface area contributed by atoms with Crippen LogP contribution in [-0.4, -0.2) is 29.8 Å². The van der Waals surface area contributed by atoms with Gasteiger partial charge in [0.05, 0.1) is 12.0 Å². The van der Waals surface area contributed by atoms with Gasteiger partial charge in [-0.3, -0.25) is 9.59 Å². The second kappa shape index (κ2) is 8.45. The minimum atomic E-state index is -0.305. The fourth-order valence-corrected chi connectivity index (χ4v) is 4.13. The molecule has 0 aliphatic carbocycles. The van der Waals surface area contributed by atoms with Crippen LogP contribution in [0.25, 0.3) is 0 Å². The number of nitrogens with zero attached hydrogens (tertiary/aromatic N) is 1. The predicted octanol–water partition coefficient (Wildman–Crippen LogP) is 3.74. The van der Waals surface area contributed by atoms with Crippen LogP contribution < -0.4 is 5.32 Å². The molecule has 0 spiro atoms. The predicted molar refractivity (Wildman–Crippen MR) is 100 cm³/mol. The first-order chi connectivity index (χ1) is 12.6. The first-order valence-electron chi connectivity index (χ1n) is 8.95. The highest BCUT2D eigenvalue weighted by Crippen LogP contribution is 2.27. The van der Waals surface area contributed by atoms with Crippen molar-refractivity contribution in [3.63, 3.8) is 0 Å². The lowest BCUT2D eigenvalue weighted by Crippen LogP contribution is -2.46. The van der Waals surface area contributed by atoms with Gasteiger partial charge in [-0.2, -0.15) is 0 Å². The molecule has 0 radical (unpaired) electrons. The molecule has 1 saturated heterocycles. The van der Waals surface area contributed by atoms with Crippen molar-refractivity contribution in [1.82, 2.24) is 10.2 Å². The third kappa shape index (κ3) is 4.30. The molecule has 0 unspecified atom stereocenters. The number of halogens is 1. The Balaban J connectivity index is 1.75. The van der Waals surface area contributed by atoms with Crippen LogP contribution in [-0.2, 0) is 9.59 Å². The quantitative estimate of drug-likeness (QED) is 0.867. The average Bonchev–Trinajstić information content (AvgIpc) is 3.20. The zero-order chi connectivity index (χ0) is 18.5. The van der Waals surface area contributed by atoms with E-state index in [-0.39, 0.29) is 29.6 Å². The summed E-state index contributed by atoms with van der Waals surface area (Å²) in [5.74, 6) is -0.467. The summed E-state index contributed by atoms with van der Waals surface area (Å²) in [6.07, 6.45) is 2.08. The van der Waals surface area contributed by atoms with E-state index in [1.54, 1.807) is 28.4 Å². The monoisotopic (exact) mass is 374 g/mol. The van der Waals surface area contributed by atoms with Gasteiger partial charge in [-0.15, -0.1) is 11.3 Å². The molecule has 1 N–H and O–H groups in total. The van der Waals surface area contributed by atoms with Crippen LogP contribution in [0.2, 0.25) is 0 Å². The van der Waals surface area contributed by atoms with Crippen LogP contribution in [0.4, 0.5) is 4.39 Å². The molecule has 2 aromatic rings. The molecule has 1 aliphatic rings. The molecule has 4 nitrogen and oxygen atoms in total. The second-order valence-electron chi connectivity index (χ2n) is 6.54. The number of hydrogen-bond acceptors (Lipinski definition) is 3. The van der Waals surface area contributed by atoms with E-state index in [9.17, 15) is 14.0 Å². The minimum Gasteiger partial charge on any atom is -0.344 e. The van der Waals surface area contributed by atoms with Crippen molar-refractivity contribution in [1.29, 1.82) is 0 Å². The van der Waals surface area contributed by atoms with E-state index in [1.807, 2.05) is 24.4 Å². The second-order valence-corrected chi connectivity index (χ2v) is 7.52. The van der Waals surface area contributed by atoms with E-state index in [2.05, 4.69) is 5.32 Å². The summed E-state index contributed by atoms with van der Waals surface area (Å²) in [7, 11) is 0. The summed E-state index contributed by atoms with van der Waals surface area (Å²) in [6, 6.07) is 9.81. The molecular formula is C20H23FN2O2S. The van der Waals surface area contributed by atoms with Gasteiger partial charge in [0, 0.05) is 24.4 Å². The lowest BCUT2D eigenvalue weighted by atomic mass is 9.95. The van der Waals surface area contributed by atoms with Gasteiger partial charge in [-0.25, -0.2) is 4.39 Å². The van der Waals surface area contributed by atoms with E-state index < -0.39 is 0 Å². The van der Waals surface area contributed by atoms with Gasteiger partial charge in [0.25, 0.3) is 0 Å². The number of benzene rings is 1. The van der Waals surface area contributed by atoms with Crippen molar-refractivity contribution < 1.29 is 14.0 Å². The molecule has 6 heteroatoms. The first-order valence-corrected chi connectivity index (χ1v) is 9.83. The van der Waals surface area contributed by atoms with E-state index in [1.165, 1.54) is 12.1 Å². The van der Waals surface area contributed by atoms with Crippen LogP contribution >= 0.6 is 11.3 Å². The van der Waals surface area contributed by atoms with E-state index >= 15 is 0 Å². The zero-order valence-corrected chi connectivity index (χ0v) is 15.6. The molecule has 1 aromatic carbocycles. The Labute approximate surface area is 157 Å². The summed E-state index contributed by atoms with van der Waals surface area (Å²) in [4.78, 5) is 27.6. The third-order valence-electron chi connectivity index (χ3n) is 4.76. The normalized spacial score (nSPS) is 18.4. The smallest absolute Gasteiger partial charge is 0.225 e. The largest absolute Gasteiger partial charge is 0.344 e. The summed E-state index contributed by atoms with van der Waals surface area (Å²) < 4.78 is 13.3. The molecule has 1 fully saturated rings. The Hall–Kier alpha value is -2.21. The summed E-state index contributed by atoms with van der Waals surface area (Å²) in [6.45, 7) is 3.04. The maximum absolute atomic E-state index is 13.3. The average molecular weight is 374 g/mol. The number of rotatable bonds is 5. The number of piperidine rings is 1. The topological polar surface area (TPSA) is 49.4 Å². The lowest BCUT2D eigenvalue weighted by molar-refractivity contribution is -0.135. The number of carbonyl (C=O) groups is 2. The fraction of sp³-hybridized carbons (Fsp3) is 0.400. The Morgan fingerprint density at radius 3 is 2.73 bits per heavy atom. The number of likely N-dealkylation sites (tertiary alicyclic amines) is 1. The van der Waals surface area contributed by atoms with Crippen LogP contribution in [0.5, 0.6) is 0 Å². The maximum atomic E-state index is 13.3. The highest BCUT2D eigenvalue weighted by atomic mass is 32.1. The summed E-state index contributed by atoms with van der Waals surface area (Å²) >= 11 is 1.55. The van der Waals surface area contributed by atoms with Crippen LogP contribution in [0.15, 0.2) is 41.8 Å². The van der Waals surface area contributed by atoms with Crippen molar-refractivity contribution in [2.24, 2.45) is 5.92 Å². The maximum Gasteiger partial charge on any atom is 0.225 e. The molecule has 0 bridgehead atoms. The van der Waals surface area contributed by atoms with Gasteiger partial charge in [0.1, 0.15) is 5.82 Å². The molecule has 2 atom stereocenters. The summed E-state index contributed by atoms with van der Waals surface area (Å²) in [5.41, 5.74) is 0.847. The molecular weight excluding hydrogens is 351 g/mol. The SMILES string of the molecule is CCC(=O)N1CCC[C@@H](C(=O)N[C@@H](c2ccc(F)cc2)c2cccs2)C1. The Kier molecular flexibility index (Phi) is 6.04. The molecule has 1 aromatic heterocycles. The molecule has 2 heterocycles. The standard InChI is InChI=1S/C20H23FN2O2S/c1-2-18(24)23-11-3-5-15(13-23)20(25)22-19(17-6-4-12-26-17)14-7-9-16(21)10-8-14/h4,6-10,12,15,19H,2-3,5,11,13H2,1H3,(H,22,25)/t15-,19+/m1/s1. The number of carbonyl (C=O) groups excluding carboxylic acids is 2. The van der Waals surface area contributed by atoms with Crippen molar-refractivity contribution in [2.45, 2.75) is 32.2 Å². The number of nitrogens with one attached hydrogen (secondary N) is 1. The minimum absolute atomic E-state index is 0.0543. The van der Waals surface area contributed by atoms with E-state index in [0.717, 1.165) is 29.8 Å². The van der Waals surface area contributed by atoms with E-state index in [0.29, 0.717) is 13.0 Å². The van der Waals surface area contributed by atoms with Gasteiger partial charge < -0.3 is 10.2 Å². The van der Waals surface area contributed by atoms with E-state index in [4.69, 9.17) is 0 Å². The van der Waals surface area contributed by atoms with Crippen LogP contribution in [0.1, 0.15) is 42.7 Å². The molecule has 1 aliphatic heterocycles.